The molecule has 0 aromatic heterocycles. The predicted molar refractivity (Wildman–Crippen MR) is 96.8 cm³/mol. The van der Waals surface area contributed by atoms with Gasteiger partial charge in [0.15, 0.2) is 5.96 Å². The van der Waals surface area contributed by atoms with E-state index in [0.29, 0.717) is 19.1 Å². The smallest absolute Gasteiger partial charge is 0.390 e. The summed E-state index contributed by atoms with van der Waals surface area (Å²) in [6.45, 7) is 2.69. The van der Waals surface area contributed by atoms with Crippen LogP contribution >= 0.6 is 24.0 Å². The molecule has 1 aromatic rings. The zero-order chi connectivity index (χ0) is 16.6. The Labute approximate surface area is 152 Å². The van der Waals surface area contributed by atoms with Crippen molar-refractivity contribution in [1.82, 2.24) is 10.2 Å². The second-order valence-electron chi connectivity index (χ2n) is 4.87. The Morgan fingerprint density at radius 1 is 1.30 bits per heavy atom. The number of aryl methyl sites for hydroxylation is 1. The molecule has 0 heterocycles. The molecule has 0 aliphatic rings. The van der Waals surface area contributed by atoms with Crippen molar-refractivity contribution < 1.29 is 17.9 Å². The van der Waals surface area contributed by atoms with E-state index in [1.54, 1.807) is 11.9 Å². The summed E-state index contributed by atoms with van der Waals surface area (Å²) in [5.41, 5.74) is 1.04. The maximum Gasteiger partial charge on any atom is 0.390 e. The van der Waals surface area contributed by atoms with Crippen LogP contribution in [0.3, 0.4) is 0 Å². The Hall–Kier alpha value is -1.19. The Balaban J connectivity index is 0.00000484. The zero-order valence-electron chi connectivity index (χ0n) is 13.5. The third kappa shape index (κ3) is 8.87. The first kappa shape index (κ1) is 21.8. The molecule has 0 saturated carbocycles. The SMILES string of the molecule is CN=C(NCCC(F)(F)F)N(C)CCOc1ccccc1C.I. The van der Waals surface area contributed by atoms with Gasteiger partial charge >= 0.3 is 6.18 Å². The molecular weight excluding hydrogens is 422 g/mol. The highest BCUT2D eigenvalue weighted by Crippen LogP contribution is 2.18. The van der Waals surface area contributed by atoms with Crippen LogP contribution in [0.25, 0.3) is 0 Å². The minimum Gasteiger partial charge on any atom is -0.491 e. The van der Waals surface area contributed by atoms with E-state index in [0.717, 1.165) is 11.3 Å². The lowest BCUT2D eigenvalue weighted by Gasteiger charge is -2.22. The topological polar surface area (TPSA) is 36.9 Å². The summed E-state index contributed by atoms with van der Waals surface area (Å²) in [6.07, 6.45) is -5.06. The maximum absolute atomic E-state index is 12.1. The molecule has 4 nitrogen and oxygen atoms in total. The predicted octanol–water partition coefficient (Wildman–Crippen LogP) is 3.45. The Kier molecular flexibility index (Phi) is 10.0. The summed E-state index contributed by atoms with van der Waals surface area (Å²) in [5.74, 6) is 1.22. The van der Waals surface area contributed by atoms with Gasteiger partial charge in [-0.05, 0) is 18.6 Å². The molecule has 0 bridgehead atoms. The first-order chi connectivity index (χ1) is 10.3. The van der Waals surface area contributed by atoms with Crippen LogP contribution in [-0.2, 0) is 0 Å². The van der Waals surface area contributed by atoms with Crippen LogP contribution in [0.2, 0.25) is 0 Å². The van der Waals surface area contributed by atoms with Crippen molar-refractivity contribution in [3.8, 4) is 5.75 Å². The molecule has 8 heteroatoms. The molecule has 0 saturated heterocycles. The number of benzene rings is 1. The molecule has 1 N–H and O–H groups in total. The summed E-state index contributed by atoms with van der Waals surface area (Å²) in [6, 6.07) is 7.66. The molecule has 0 amide bonds. The van der Waals surface area contributed by atoms with Crippen LogP contribution in [0.15, 0.2) is 29.3 Å². The number of hydrogen-bond acceptors (Lipinski definition) is 2. The lowest BCUT2D eigenvalue weighted by molar-refractivity contribution is -0.132. The number of hydrogen-bond donors (Lipinski definition) is 1. The van der Waals surface area contributed by atoms with Crippen molar-refractivity contribution in [2.45, 2.75) is 19.5 Å². The molecule has 23 heavy (non-hydrogen) atoms. The van der Waals surface area contributed by atoms with E-state index in [1.807, 2.05) is 31.2 Å². The fourth-order valence-corrected chi connectivity index (χ4v) is 1.82. The van der Waals surface area contributed by atoms with Gasteiger partial charge in [-0.1, -0.05) is 18.2 Å². The molecule has 0 aliphatic carbocycles. The molecular formula is C15H23F3IN3O. The molecule has 0 radical (unpaired) electrons. The van der Waals surface area contributed by atoms with Gasteiger partial charge in [0.1, 0.15) is 12.4 Å². The highest BCUT2D eigenvalue weighted by molar-refractivity contribution is 14.0. The van der Waals surface area contributed by atoms with E-state index in [2.05, 4.69) is 10.3 Å². The molecule has 0 unspecified atom stereocenters. The van der Waals surface area contributed by atoms with Crippen molar-refractivity contribution in [1.29, 1.82) is 0 Å². The highest BCUT2D eigenvalue weighted by Gasteiger charge is 2.26. The Morgan fingerprint density at radius 3 is 2.52 bits per heavy atom. The second-order valence-corrected chi connectivity index (χ2v) is 4.87. The average molecular weight is 445 g/mol. The standard InChI is InChI=1S/C15H22F3N3O.HI/c1-12-6-4-5-7-13(12)22-11-10-21(3)14(19-2)20-9-8-15(16,17)18;/h4-7H,8-11H2,1-3H3,(H,19,20);1H. The zero-order valence-corrected chi connectivity index (χ0v) is 15.8. The minimum absolute atomic E-state index is 0. The normalized spacial score (nSPS) is 11.7. The van der Waals surface area contributed by atoms with E-state index in [1.165, 1.54) is 7.05 Å². The van der Waals surface area contributed by atoms with Gasteiger partial charge in [-0.15, -0.1) is 24.0 Å². The van der Waals surface area contributed by atoms with Crippen molar-refractivity contribution in [2.75, 3.05) is 33.8 Å². The molecule has 132 valence electrons. The van der Waals surface area contributed by atoms with Gasteiger partial charge in [-0.2, -0.15) is 13.2 Å². The van der Waals surface area contributed by atoms with E-state index < -0.39 is 12.6 Å². The number of likely N-dealkylation sites (N-methyl/N-ethyl adjacent to an activating group) is 1. The average Bonchev–Trinajstić information content (AvgIpc) is 2.44. The summed E-state index contributed by atoms with van der Waals surface area (Å²) >= 11 is 0. The summed E-state index contributed by atoms with van der Waals surface area (Å²) in [5, 5.41) is 2.69. The fourth-order valence-electron chi connectivity index (χ4n) is 1.82. The van der Waals surface area contributed by atoms with Crippen LogP contribution in [0.1, 0.15) is 12.0 Å². The van der Waals surface area contributed by atoms with Gasteiger partial charge < -0.3 is 15.0 Å². The Morgan fingerprint density at radius 2 is 1.96 bits per heavy atom. The van der Waals surface area contributed by atoms with Crippen LogP contribution in [0.5, 0.6) is 5.75 Å². The third-order valence-electron chi connectivity index (χ3n) is 3.04. The molecule has 0 fully saturated rings. The number of rotatable bonds is 6. The molecule has 1 aromatic carbocycles. The number of aliphatic imine (C=N–C) groups is 1. The summed E-state index contributed by atoms with van der Waals surface area (Å²) in [7, 11) is 3.29. The number of alkyl halides is 3. The number of ether oxygens (including phenoxy) is 1. The second kappa shape index (κ2) is 10.6. The molecule has 0 spiro atoms. The van der Waals surface area contributed by atoms with Crippen LogP contribution in [0.4, 0.5) is 13.2 Å². The first-order valence-electron chi connectivity index (χ1n) is 7.00. The fraction of sp³-hybridized carbons (Fsp3) is 0.533. The largest absolute Gasteiger partial charge is 0.491 e. The van der Waals surface area contributed by atoms with Gasteiger partial charge in [0.25, 0.3) is 0 Å². The van der Waals surface area contributed by atoms with Crippen molar-refractivity contribution in [3.05, 3.63) is 29.8 Å². The maximum atomic E-state index is 12.1. The number of halogens is 4. The molecule has 0 atom stereocenters. The molecule has 0 aliphatic heterocycles. The van der Waals surface area contributed by atoms with Crippen LogP contribution in [0, 0.1) is 6.92 Å². The van der Waals surface area contributed by atoms with Gasteiger partial charge in [-0.3, -0.25) is 4.99 Å². The van der Waals surface area contributed by atoms with Gasteiger partial charge in [0.2, 0.25) is 0 Å². The van der Waals surface area contributed by atoms with E-state index in [4.69, 9.17) is 4.74 Å². The number of para-hydroxylation sites is 1. The van der Waals surface area contributed by atoms with Gasteiger partial charge in [0, 0.05) is 20.6 Å². The third-order valence-corrected chi connectivity index (χ3v) is 3.04. The minimum atomic E-state index is -4.17. The monoisotopic (exact) mass is 445 g/mol. The van der Waals surface area contributed by atoms with Crippen LogP contribution < -0.4 is 10.1 Å². The van der Waals surface area contributed by atoms with Crippen LogP contribution in [-0.4, -0.2) is 50.8 Å². The lowest BCUT2D eigenvalue weighted by Crippen LogP contribution is -2.42. The summed E-state index contributed by atoms with van der Waals surface area (Å²) in [4.78, 5) is 5.69. The first-order valence-corrected chi connectivity index (χ1v) is 7.00. The number of nitrogens with one attached hydrogen (secondary N) is 1. The Bertz CT molecular complexity index is 495. The quantitative estimate of drug-likeness (QED) is 0.414. The highest BCUT2D eigenvalue weighted by atomic mass is 127. The van der Waals surface area contributed by atoms with E-state index in [-0.39, 0.29) is 30.5 Å². The van der Waals surface area contributed by atoms with Crippen molar-refractivity contribution in [3.63, 3.8) is 0 Å². The van der Waals surface area contributed by atoms with Crippen molar-refractivity contribution in [2.24, 2.45) is 4.99 Å². The number of nitrogens with zero attached hydrogens (tertiary/aromatic N) is 2. The van der Waals surface area contributed by atoms with Gasteiger partial charge in [-0.25, -0.2) is 0 Å². The van der Waals surface area contributed by atoms with E-state index >= 15 is 0 Å². The van der Waals surface area contributed by atoms with Crippen molar-refractivity contribution >= 4 is 29.9 Å². The lowest BCUT2D eigenvalue weighted by atomic mass is 10.2. The number of guanidine groups is 1. The molecule has 1 rings (SSSR count). The summed E-state index contributed by atoms with van der Waals surface area (Å²) < 4.78 is 42.0. The van der Waals surface area contributed by atoms with Gasteiger partial charge in [0.05, 0.1) is 13.0 Å². The van der Waals surface area contributed by atoms with E-state index in [9.17, 15) is 13.2 Å².